The van der Waals surface area contributed by atoms with Crippen LogP contribution >= 0.6 is 7.59 Å². The lowest BCUT2D eigenvalue weighted by Gasteiger charge is -2.15. The van der Waals surface area contributed by atoms with E-state index in [4.69, 9.17) is 0 Å². The van der Waals surface area contributed by atoms with Crippen molar-refractivity contribution in [3.05, 3.63) is 0 Å². The van der Waals surface area contributed by atoms with Crippen molar-refractivity contribution >= 4 is 7.59 Å². The summed E-state index contributed by atoms with van der Waals surface area (Å²) in [4.78, 5) is 0. The number of hydrogen-bond acceptors (Lipinski definition) is 1. The fraction of sp³-hybridized carbons (Fsp3) is 1.00. The molecule has 0 saturated heterocycles. The molecule has 0 radical (unpaired) electrons. The molecule has 0 amide bonds. The Balaban J connectivity index is 3.78. The summed E-state index contributed by atoms with van der Waals surface area (Å²) in [6.07, 6.45) is 0. The van der Waals surface area contributed by atoms with Gasteiger partial charge in [-0.25, -0.2) is 15.3 Å². The predicted molar refractivity (Wildman–Crippen MR) is 39.4 cm³/mol. The summed E-state index contributed by atoms with van der Waals surface area (Å²) >= 11 is 0. The molecule has 0 atom stereocenters. The van der Waals surface area contributed by atoms with Crippen molar-refractivity contribution in [2.45, 2.75) is 6.92 Å². The lowest BCUT2D eigenvalue weighted by molar-refractivity contribution is 0.552. The van der Waals surface area contributed by atoms with Crippen molar-refractivity contribution in [2.24, 2.45) is 0 Å². The van der Waals surface area contributed by atoms with Crippen LogP contribution in [-0.4, -0.2) is 20.6 Å². The van der Waals surface area contributed by atoms with Gasteiger partial charge in [0.2, 0.25) is 0 Å². The average Bonchev–Trinajstić information content (AvgIpc) is 1.89. The fourth-order valence-corrected chi connectivity index (χ4v) is 1.48. The lowest BCUT2D eigenvalue weighted by atomic mass is 10.8. The molecule has 0 aromatic carbocycles. The minimum atomic E-state index is -2.43. The van der Waals surface area contributed by atoms with Crippen LogP contribution in [0.15, 0.2) is 0 Å². The highest BCUT2D eigenvalue weighted by atomic mass is 31.2. The van der Waals surface area contributed by atoms with Crippen LogP contribution in [0.1, 0.15) is 6.92 Å². The van der Waals surface area contributed by atoms with Crippen molar-refractivity contribution in [3.8, 4) is 0 Å². The van der Waals surface area contributed by atoms with E-state index >= 15 is 0 Å². The number of nitrogens with one attached hydrogen (secondary N) is 3. The first-order valence-electron chi connectivity index (χ1n) is 2.91. The molecule has 0 rings (SSSR count). The number of rotatable bonds is 4. The van der Waals surface area contributed by atoms with Crippen LogP contribution in [-0.2, 0) is 4.57 Å². The van der Waals surface area contributed by atoms with E-state index in [0.29, 0.717) is 6.54 Å². The summed E-state index contributed by atoms with van der Waals surface area (Å²) < 4.78 is 11.2. The van der Waals surface area contributed by atoms with Crippen LogP contribution in [0.5, 0.6) is 0 Å². The SMILES string of the molecule is CCNP(=O)(NC)NC. The zero-order valence-corrected chi connectivity index (χ0v) is 6.96. The summed E-state index contributed by atoms with van der Waals surface area (Å²) in [7, 11) is 0.874. The van der Waals surface area contributed by atoms with Crippen LogP contribution in [0.25, 0.3) is 0 Å². The maximum absolute atomic E-state index is 11.2. The minimum Gasteiger partial charge on any atom is -0.271 e. The first-order valence-corrected chi connectivity index (χ1v) is 4.62. The van der Waals surface area contributed by atoms with Gasteiger partial charge in [0, 0.05) is 6.54 Å². The molecule has 0 aliphatic rings. The Bertz CT molecular complexity index is 108. The highest BCUT2D eigenvalue weighted by Crippen LogP contribution is 2.26. The third-order valence-electron chi connectivity index (χ3n) is 1.01. The van der Waals surface area contributed by atoms with Gasteiger partial charge in [0.15, 0.2) is 0 Å². The molecule has 0 saturated carbocycles. The second-order valence-electron chi connectivity index (χ2n) is 1.57. The first kappa shape index (κ1) is 9.11. The van der Waals surface area contributed by atoms with Crippen molar-refractivity contribution in [2.75, 3.05) is 20.6 Å². The van der Waals surface area contributed by atoms with E-state index in [2.05, 4.69) is 15.3 Å². The summed E-state index contributed by atoms with van der Waals surface area (Å²) in [6, 6.07) is 0. The molecule has 0 fully saturated rings. The third kappa shape index (κ3) is 2.96. The Kier molecular flexibility index (Phi) is 4.06. The Morgan fingerprint density at radius 3 is 1.89 bits per heavy atom. The smallest absolute Gasteiger partial charge is 0.271 e. The molecule has 56 valence electrons. The van der Waals surface area contributed by atoms with Gasteiger partial charge < -0.3 is 0 Å². The van der Waals surface area contributed by atoms with Gasteiger partial charge in [0.25, 0.3) is 7.59 Å². The van der Waals surface area contributed by atoms with Crippen molar-refractivity contribution in [1.82, 2.24) is 15.3 Å². The van der Waals surface area contributed by atoms with Gasteiger partial charge in [-0.3, -0.25) is 4.57 Å². The van der Waals surface area contributed by atoms with E-state index in [1.807, 2.05) is 6.92 Å². The molecule has 0 spiro atoms. The molecule has 9 heavy (non-hydrogen) atoms. The van der Waals surface area contributed by atoms with Crippen LogP contribution in [0.3, 0.4) is 0 Å². The molecule has 0 aromatic heterocycles. The molecule has 3 N–H and O–H groups in total. The lowest BCUT2D eigenvalue weighted by Crippen LogP contribution is -2.27. The molecule has 0 bridgehead atoms. The van der Waals surface area contributed by atoms with Crippen molar-refractivity contribution in [3.63, 3.8) is 0 Å². The fourth-order valence-electron chi connectivity index (χ4n) is 0.493. The molecule has 0 unspecified atom stereocenters. The quantitative estimate of drug-likeness (QED) is 0.500. The summed E-state index contributed by atoms with van der Waals surface area (Å²) in [5.74, 6) is 0. The average molecular weight is 151 g/mol. The topological polar surface area (TPSA) is 53.2 Å². The van der Waals surface area contributed by atoms with Crippen LogP contribution < -0.4 is 15.3 Å². The van der Waals surface area contributed by atoms with Crippen molar-refractivity contribution < 1.29 is 4.57 Å². The zero-order chi connectivity index (χ0) is 7.33. The first-order chi connectivity index (χ1) is 4.18. The Morgan fingerprint density at radius 2 is 1.78 bits per heavy atom. The Labute approximate surface area is 55.9 Å². The van der Waals surface area contributed by atoms with Gasteiger partial charge in [-0.05, 0) is 14.1 Å². The Morgan fingerprint density at radius 1 is 1.33 bits per heavy atom. The van der Waals surface area contributed by atoms with E-state index in [1.54, 1.807) is 14.1 Å². The molecule has 0 aliphatic carbocycles. The monoisotopic (exact) mass is 151 g/mol. The summed E-state index contributed by atoms with van der Waals surface area (Å²) in [6.45, 7) is 2.60. The molecule has 0 aliphatic heterocycles. The van der Waals surface area contributed by atoms with Crippen LogP contribution in [0.2, 0.25) is 0 Å². The molecular weight excluding hydrogens is 137 g/mol. The van der Waals surface area contributed by atoms with Crippen LogP contribution in [0, 0.1) is 0 Å². The maximum atomic E-state index is 11.2. The zero-order valence-electron chi connectivity index (χ0n) is 6.06. The predicted octanol–water partition coefficient (Wildman–Crippen LogP) is 0.143. The van der Waals surface area contributed by atoms with Gasteiger partial charge >= 0.3 is 0 Å². The minimum absolute atomic E-state index is 0.693. The summed E-state index contributed by atoms with van der Waals surface area (Å²) in [5.41, 5.74) is 0. The van der Waals surface area contributed by atoms with E-state index in [0.717, 1.165) is 0 Å². The maximum Gasteiger partial charge on any atom is 0.278 e. The largest absolute Gasteiger partial charge is 0.278 e. The van der Waals surface area contributed by atoms with E-state index in [9.17, 15) is 4.57 Å². The van der Waals surface area contributed by atoms with E-state index in [1.165, 1.54) is 0 Å². The van der Waals surface area contributed by atoms with Gasteiger partial charge in [0.05, 0.1) is 0 Å². The second kappa shape index (κ2) is 4.01. The normalized spacial score (nSPS) is 11.9. The molecule has 4 nitrogen and oxygen atoms in total. The molecule has 5 heteroatoms. The number of hydrogen-bond donors (Lipinski definition) is 3. The van der Waals surface area contributed by atoms with Crippen LogP contribution in [0.4, 0.5) is 0 Å². The van der Waals surface area contributed by atoms with E-state index < -0.39 is 7.59 Å². The Hall–Kier alpha value is 0.110. The van der Waals surface area contributed by atoms with Gasteiger partial charge in [-0.15, -0.1) is 0 Å². The van der Waals surface area contributed by atoms with Crippen molar-refractivity contribution in [1.29, 1.82) is 0 Å². The molecule has 0 aromatic rings. The molecular formula is C4H14N3OP. The third-order valence-corrected chi connectivity index (χ3v) is 3.03. The van der Waals surface area contributed by atoms with Gasteiger partial charge in [-0.2, -0.15) is 0 Å². The van der Waals surface area contributed by atoms with E-state index in [-0.39, 0.29) is 0 Å². The van der Waals surface area contributed by atoms with Gasteiger partial charge in [-0.1, -0.05) is 6.92 Å². The highest BCUT2D eigenvalue weighted by molar-refractivity contribution is 7.57. The molecule has 0 heterocycles. The standard InChI is InChI=1S/C4H14N3OP/c1-4-7-9(8,5-2)6-3/h4H2,1-3H3,(H3,5,6,7,8). The van der Waals surface area contributed by atoms with Gasteiger partial charge in [0.1, 0.15) is 0 Å². The highest BCUT2D eigenvalue weighted by Gasteiger charge is 2.12. The second-order valence-corrected chi connectivity index (χ2v) is 4.00. The summed E-state index contributed by atoms with van der Waals surface area (Å²) in [5, 5.41) is 8.12.